The topological polar surface area (TPSA) is 128 Å². The van der Waals surface area contributed by atoms with Crippen LogP contribution in [-0.4, -0.2) is 35.4 Å². The van der Waals surface area contributed by atoms with Gasteiger partial charge in [-0.05, 0) is 18.6 Å². The van der Waals surface area contributed by atoms with Crippen molar-refractivity contribution in [3.8, 4) is 0 Å². The number of amides is 2. The number of nitro benzene ring substituents is 1. The van der Waals surface area contributed by atoms with Crippen LogP contribution in [0.5, 0.6) is 0 Å². The van der Waals surface area contributed by atoms with Crippen LogP contribution in [-0.2, 0) is 25.5 Å². The highest BCUT2D eigenvalue weighted by Gasteiger charge is 2.36. The number of nitrogens with zero attached hydrogens (tertiary/aromatic N) is 1. The Morgan fingerprint density at radius 2 is 1.96 bits per heavy atom. The summed E-state index contributed by atoms with van der Waals surface area (Å²) < 4.78 is 4.71. The van der Waals surface area contributed by atoms with Gasteiger partial charge in [-0.3, -0.25) is 19.7 Å². The minimum absolute atomic E-state index is 0.0118. The lowest BCUT2D eigenvalue weighted by molar-refractivity contribution is -0.384. The molecule has 1 aromatic rings. The van der Waals surface area contributed by atoms with Gasteiger partial charge >= 0.3 is 5.97 Å². The zero-order chi connectivity index (χ0) is 19.2. The van der Waals surface area contributed by atoms with Gasteiger partial charge in [-0.15, -0.1) is 0 Å². The fraction of sp³-hybridized carbons (Fsp3) is 0.438. The Morgan fingerprint density at radius 1 is 1.32 bits per heavy atom. The maximum Gasteiger partial charge on any atom is 0.331 e. The number of hydrogen-bond donors (Lipinski definition) is 2. The molecule has 0 aliphatic rings. The molecule has 25 heavy (non-hydrogen) atoms. The van der Waals surface area contributed by atoms with Crippen molar-refractivity contribution in [3.63, 3.8) is 0 Å². The number of carbonyl (C=O) groups excluding carboxylic acids is 3. The number of hydrogen-bond acceptors (Lipinski definition) is 6. The first kappa shape index (κ1) is 20.1. The standard InChI is InChI=1S/C16H21N3O6/c1-5-14(21)17-12-7-6-11(8-13(12)19(23)24)9-16(3,15(22)25-4)18-10(2)20/h6-8H,5,9H2,1-4H3,(H,17,21)(H,18,20). The summed E-state index contributed by atoms with van der Waals surface area (Å²) >= 11 is 0. The number of methoxy groups -OCH3 is 1. The van der Waals surface area contributed by atoms with Crippen LogP contribution >= 0.6 is 0 Å². The third-order valence-corrected chi connectivity index (χ3v) is 3.50. The van der Waals surface area contributed by atoms with Crippen molar-refractivity contribution < 1.29 is 24.0 Å². The summed E-state index contributed by atoms with van der Waals surface area (Å²) in [7, 11) is 1.19. The van der Waals surface area contributed by atoms with Crippen LogP contribution in [0.1, 0.15) is 32.8 Å². The van der Waals surface area contributed by atoms with Gasteiger partial charge in [0.1, 0.15) is 11.2 Å². The molecule has 0 saturated carbocycles. The highest BCUT2D eigenvalue weighted by Crippen LogP contribution is 2.28. The van der Waals surface area contributed by atoms with Gasteiger partial charge in [0.2, 0.25) is 11.8 Å². The smallest absolute Gasteiger partial charge is 0.331 e. The van der Waals surface area contributed by atoms with E-state index in [9.17, 15) is 24.5 Å². The zero-order valence-electron chi connectivity index (χ0n) is 14.5. The molecule has 0 spiro atoms. The summed E-state index contributed by atoms with van der Waals surface area (Å²) in [6.07, 6.45) is 0.171. The molecule has 9 heteroatoms. The molecule has 136 valence electrons. The van der Waals surface area contributed by atoms with Crippen molar-refractivity contribution >= 4 is 29.2 Å². The number of carbonyl (C=O) groups is 3. The van der Waals surface area contributed by atoms with E-state index in [-0.39, 0.29) is 30.1 Å². The normalized spacial score (nSPS) is 12.6. The van der Waals surface area contributed by atoms with E-state index in [1.54, 1.807) is 13.0 Å². The molecule has 1 unspecified atom stereocenters. The molecule has 2 amide bonds. The lowest BCUT2D eigenvalue weighted by Crippen LogP contribution is -2.53. The van der Waals surface area contributed by atoms with Crippen molar-refractivity contribution in [1.82, 2.24) is 5.32 Å². The van der Waals surface area contributed by atoms with E-state index < -0.39 is 22.3 Å². The van der Waals surface area contributed by atoms with Gasteiger partial charge in [-0.25, -0.2) is 4.79 Å². The number of anilines is 1. The van der Waals surface area contributed by atoms with Crippen LogP contribution in [0.2, 0.25) is 0 Å². The van der Waals surface area contributed by atoms with Gasteiger partial charge in [-0.1, -0.05) is 13.0 Å². The third-order valence-electron chi connectivity index (χ3n) is 3.50. The van der Waals surface area contributed by atoms with E-state index in [2.05, 4.69) is 10.6 Å². The Kier molecular flexibility index (Phi) is 6.60. The molecule has 2 N–H and O–H groups in total. The van der Waals surface area contributed by atoms with Gasteiger partial charge in [0.25, 0.3) is 5.69 Å². The summed E-state index contributed by atoms with van der Waals surface area (Å²) in [4.78, 5) is 45.5. The molecule has 1 atom stereocenters. The van der Waals surface area contributed by atoms with Gasteiger partial charge in [0.05, 0.1) is 12.0 Å². The average Bonchev–Trinajstić information content (AvgIpc) is 2.54. The van der Waals surface area contributed by atoms with E-state index in [1.807, 2.05) is 0 Å². The predicted octanol–water partition coefficient (Wildman–Crippen LogP) is 1.55. The molecule has 1 rings (SSSR count). The molecule has 0 aliphatic heterocycles. The largest absolute Gasteiger partial charge is 0.467 e. The summed E-state index contributed by atoms with van der Waals surface area (Å²) in [5, 5.41) is 16.2. The van der Waals surface area contributed by atoms with Gasteiger partial charge in [0, 0.05) is 25.8 Å². The second kappa shape index (κ2) is 8.22. The van der Waals surface area contributed by atoms with Crippen molar-refractivity contribution in [3.05, 3.63) is 33.9 Å². The minimum Gasteiger partial charge on any atom is -0.467 e. The van der Waals surface area contributed by atoms with Crippen LogP contribution in [0.25, 0.3) is 0 Å². The van der Waals surface area contributed by atoms with E-state index in [0.717, 1.165) is 0 Å². The number of benzene rings is 1. The van der Waals surface area contributed by atoms with Crippen molar-refractivity contribution in [2.45, 2.75) is 39.2 Å². The third kappa shape index (κ3) is 5.27. The first-order chi connectivity index (χ1) is 11.6. The highest BCUT2D eigenvalue weighted by atomic mass is 16.6. The zero-order valence-corrected chi connectivity index (χ0v) is 14.5. The Bertz CT molecular complexity index is 703. The van der Waals surface area contributed by atoms with Crippen LogP contribution < -0.4 is 10.6 Å². The van der Waals surface area contributed by atoms with Gasteiger partial charge < -0.3 is 15.4 Å². The molecule has 0 fully saturated rings. The van der Waals surface area contributed by atoms with E-state index in [4.69, 9.17) is 4.74 Å². The molecule has 0 heterocycles. The van der Waals surface area contributed by atoms with Crippen LogP contribution in [0.4, 0.5) is 11.4 Å². The van der Waals surface area contributed by atoms with Gasteiger partial charge in [-0.2, -0.15) is 0 Å². The van der Waals surface area contributed by atoms with Crippen molar-refractivity contribution in [2.24, 2.45) is 0 Å². The number of nitrogens with one attached hydrogen (secondary N) is 2. The Labute approximate surface area is 144 Å². The van der Waals surface area contributed by atoms with E-state index in [0.29, 0.717) is 5.56 Å². The number of ether oxygens (including phenoxy) is 1. The van der Waals surface area contributed by atoms with E-state index >= 15 is 0 Å². The Morgan fingerprint density at radius 3 is 2.44 bits per heavy atom. The predicted molar refractivity (Wildman–Crippen MR) is 90.0 cm³/mol. The van der Waals surface area contributed by atoms with Crippen LogP contribution in [0.3, 0.4) is 0 Å². The molecule has 0 saturated heterocycles. The first-order valence-electron chi connectivity index (χ1n) is 7.57. The molecule has 9 nitrogen and oxygen atoms in total. The van der Waals surface area contributed by atoms with Crippen molar-refractivity contribution in [2.75, 3.05) is 12.4 Å². The second-order valence-corrected chi connectivity index (χ2v) is 5.69. The SMILES string of the molecule is CCC(=O)Nc1ccc(CC(C)(NC(C)=O)C(=O)OC)cc1[N+](=O)[O-]. The summed E-state index contributed by atoms with van der Waals surface area (Å²) in [5.41, 5.74) is -1.17. The molecule has 0 radical (unpaired) electrons. The fourth-order valence-electron chi connectivity index (χ4n) is 2.37. The molecular formula is C16H21N3O6. The first-order valence-corrected chi connectivity index (χ1v) is 7.57. The number of rotatable bonds is 7. The van der Waals surface area contributed by atoms with Gasteiger partial charge in [0.15, 0.2) is 0 Å². The summed E-state index contributed by atoms with van der Waals surface area (Å²) in [6.45, 7) is 4.36. The number of nitro groups is 1. The Balaban J connectivity index is 3.22. The fourth-order valence-corrected chi connectivity index (χ4v) is 2.37. The Hall–Kier alpha value is -2.97. The van der Waals surface area contributed by atoms with E-state index in [1.165, 1.54) is 33.1 Å². The highest BCUT2D eigenvalue weighted by molar-refractivity contribution is 5.93. The quantitative estimate of drug-likeness (QED) is 0.436. The lowest BCUT2D eigenvalue weighted by Gasteiger charge is -2.27. The average molecular weight is 351 g/mol. The molecular weight excluding hydrogens is 330 g/mol. The van der Waals surface area contributed by atoms with Crippen LogP contribution in [0.15, 0.2) is 18.2 Å². The molecule has 0 aromatic heterocycles. The van der Waals surface area contributed by atoms with Crippen LogP contribution in [0, 0.1) is 10.1 Å². The second-order valence-electron chi connectivity index (χ2n) is 5.69. The molecule has 0 aliphatic carbocycles. The molecule has 0 bridgehead atoms. The van der Waals surface area contributed by atoms with Crippen molar-refractivity contribution in [1.29, 1.82) is 0 Å². The minimum atomic E-state index is -1.37. The number of esters is 1. The summed E-state index contributed by atoms with van der Waals surface area (Å²) in [5.74, 6) is -1.46. The lowest BCUT2D eigenvalue weighted by atomic mass is 9.92. The summed E-state index contributed by atoms with van der Waals surface area (Å²) in [6, 6.07) is 4.20. The maximum atomic E-state index is 12.0. The maximum absolute atomic E-state index is 12.0. The molecule has 1 aromatic carbocycles. The monoisotopic (exact) mass is 351 g/mol.